The van der Waals surface area contributed by atoms with E-state index in [2.05, 4.69) is 5.32 Å². The molecule has 6 N–H and O–H groups in total. The van der Waals surface area contributed by atoms with Crippen molar-refractivity contribution in [2.24, 2.45) is 11.5 Å². The summed E-state index contributed by atoms with van der Waals surface area (Å²) in [5.41, 5.74) is 12.4. The highest BCUT2D eigenvalue weighted by atomic mass is 19.4. The summed E-state index contributed by atoms with van der Waals surface area (Å²) >= 11 is 0. The Morgan fingerprint density at radius 1 is 1.15 bits per heavy atom. The molecule has 112 valence electrons. The molecule has 0 saturated heterocycles. The van der Waals surface area contributed by atoms with Crippen LogP contribution in [0.4, 0.5) is 18.0 Å². The number of carboxylic acid groups (broad SMARTS) is 1. The maximum absolute atomic E-state index is 10.6. The first-order valence-electron chi connectivity index (χ1n) is 5.28. The van der Waals surface area contributed by atoms with Crippen LogP contribution in [0.1, 0.15) is 11.1 Å². The highest BCUT2D eigenvalue weighted by Crippen LogP contribution is 2.13. The number of rotatable bonds is 3. The van der Waals surface area contributed by atoms with Gasteiger partial charge in [-0.2, -0.15) is 13.2 Å². The van der Waals surface area contributed by atoms with E-state index in [1.807, 2.05) is 24.3 Å². The van der Waals surface area contributed by atoms with E-state index in [9.17, 15) is 18.0 Å². The average Bonchev–Trinajstić information content (AvgIpc) is 2.36. The van der Waals surface area contributed by atoms with Gasteiger partial charge in [0.15, 0.2) is 0 Å². The van der Waals surface area contributed by atoms with Crippen molar-refractivity contribution in [3.05, 3.63) is 35.4 Å². The molecule has 6 nitrogen and oxygen atoms in total. The molecule has 0 saturated carbocycles. The lowest BCUT2D eigenvalue weighted by molar-refractivity contribution is -0.192. The van der Waals surface area contributed by atoms with Crippen LogP contribution in [0.3, 0.4) is 0 Å². The first kappa shape index (κ1) is 17.7. The van der Waals surface area contributed by atoms with Gasteiger partial charge >= 0.3 is 18.2 Å². The van der Waals surface area contributed by atoms with Crippen LogP contribution >= 0.6 is 0 Å². The van der Waals surface area contributed by atoms with Crippen molar-refractivity contribution in [2.45, 2.75) is 19.3 Å². The smallest absolute Gasteiger partial charge is 0.475 e. The van der Waals surface area contributed by atoms with E-state index in [1.54, 1.807) is 0 Å². The van der Waals surface area contributed by atoms with Gasteiger partial charge in [-0.3, -0.25) is 0 Å². The zero-order valence-electron chi connectivity index (χ0n) is 10.3. The predicted molar refractivity (Wildman–Crippen MR) is 64.4 cm³/mol. The van der Waals surface area contributed by atoms with Gasteiger partial charge < -0.3 is 21.9 Å². The fourth-order valence-corrected chi connectivity index (χ4v) is 0.982. The SMILES string of the molecule is NCc1ccc(CNC(N)=O)cc1.O=C(O)C(F)(F)F. The van der Waals surface area contributed by atoms with E-state index >= 15 is 0 Å². The number of aliphatic carboxylic acids is 1. The van der Waals surface area contributed by atoms with E-state index in [1.165, 1.54) is 0 Å². The van der Waals surface area contributed by atoms with Gasteiger partial charge in [0, 0.05) is 13.1 Å². The highest BCUT2D eigenvalue weighted by Gasteiger charge is 2.38. The van der Waals surface area contributed by atoms with E-state index in [4.69, 9.17) is 21.4 Å². The molecule has 0 spiro atoms. The third kappa shape index (κ3) is 7.93. The van der Waals surface area contributed by atoms with E-state index in [-0.39, 0.29) is 0 Å². The maximum Gasteiger partial charge on any atom is 0.490 e. The van der Waals surface area contributed by atoms with Crippen LogP contribution in [0.2, 0.25) is 0 Å². The standard InChI is InChI=1S/C9H13N3O.C2HF3O2/c10-5-7-1-3-8(4-2-7)6-12-9(11)13;3-2(4,5)1(6)7/h1-4H,5-6,10H2,(H3,11,12,13);(H,6,7). The van der Waals surface area contributed by atoms with Gasteiger partial charge in [-0.1, -0.05) is 24.3 Å². The molecule has 0 fully saturated rings. The number of carboxylic acids is 1. The van der Waals surface area contributed by atoms with Gasteiger partial charge in [0.05, 0.1) is 0 Å². The lowest BCUT2D eigenvalue weighted by Crippen LogP contribution is -2.28. The Morgan fingerprint density at radius 2 is 1.55 bits per heavy atom. The quantitative estimate of drug-likeness (QED) is 0.663. The van der Waals surface area contributed by atoms with Crippen molar-refractivity contribution < 1.29 is 27.9 Å². The summed E-state index contributed by atoms with van der Waals surface area (Å²) in [4.78, 5) is 19.3. The molecule has 0 radical (unpaired) electrons. The number of benzene rings is 1. The Labute approximate surface area is 112 Å². The molecule has 1 aromatic rings. The van der Waals surface area contributed by atoms with Crippen molar-refractivity contribution in [3.8, 4) is 0 Å². The average molecular weight is 293 g/mol. The summed E-state index contributed by atoms with van der Waals surface area (Å²) in [5, 5.41) is 9.63. The molecule has 0 aliphatic rings. The van der Waals surface area contributed by atoms with Gasteiger partial charge in [0.25, 0.3) is 0 Å². The lowest BCUT2D eigenvalue weighted by atomic mass is 10.1. The van der Waals surface area contributed by atoms with Crippen molar-refractivity contribution in [1.82, 2.24) is 5.32 Å². The number of hydrogen-bond acceptors (Lipinski definition) is 3. The zero-order valence-corrected chi connectivity index (χ0v) is 10.3. The number of hydrogen-bond donors (Lipinski definition) is 4. The van der Waals surface area contributed by atoms with Crippen molar-refractivity contribution in [3.63, 3.8) is 0 Å². The molecular weight excluding hydrogens is 279 g/mol. The highest BCUT2D eigenvalue weighted by molar-refractivity contribution is 5.73. The van der Waals surface area contributed by atoms with Gasteiger partial charge in [-0.15, -0.1) is 0 Å². The summed E-state index contributed by atoms with van der Waals surface area (Å²) in [6, 6.07) is 7.18. The van der Waals surface area contributed by atoms with Crippen LogP contribution in [0.25, 0.3) is 0 Å². The molecule has 20 heavy (non-hydrogen) atoms. The second-order valence-electron chi connectivity index (χ2n) is 3.54. The van der Waals surface area contributed by atoms with Crippen LogP contribution in [0, 0.1) is 0 Å². The number of urea groups is 1. The number of nitrogens with one attached hydrogen (secondary N) is 1. The molecule has 0 aliphatic heterocycles. The Kier molecular flexibility index (Phi) is 7.08. The zero-order chi connectivity index (χ0) is 15.8. The van der Waals surface area contributed by atoms with Crippen LogP contribution in [0.15, 0.2) is 24.3 Å². The first-order chi connectivity index (χ1) is 9.16. The molecule has 2 amide bonds. The largest absolute Gasteiger partial charge is 0.490 e. The van der Waals surface area contributed by atoms with Gasteiger partial charge in [0.2, 0.25) is 0 Å². The van der Waals surface area contributed by atoms with Gasteiger partial charge in [-0.25, -0.2) is 9.59 Å². The van der Waals surface area contributed by atoms with E-state index in [0.717, 1.165) is 11.1 Å². The third-order valence-corrected chi connectivity index (χ3v) is 1.97. The minimum absolute atomic E-state index is 0.459. The van der Waals surface area contributed by atoms with Crippen molar-refractivity contribution in [2.75, 3.05) is 0 Å². The molecule has 1 rings (SSSR count). The molecule has 1 aromatic carbocycles. The van der Waals surface area contributed by atoms with Crippen LogP contribution in [-0.4, -0.2) is 23.3 Å². The monoisotopic (exact) mass is 293 g/mol. The molecule has 9 heteroatoms. The summed E-state index contributed by atoms with van der Waals surface area (Å²) in [7, 11) is 0. The Bertz CT molecular complexity index is 446. The van der Waals surface area contributed by atoms with E-state index in [0.29, 0.717) is 13.1 Å². The minimum Gasteiger partial charge on any atom is -0.475 e. The number of carbonyl (C=O) groups is 2. The molecule has 0 aromatic heterocycles. The summed E-state index contributed by atoms with van der Waals surface area (Å²) < 4.78 is 31.7. The molecule has 0 heterocycles. The number of amides is 2. The molecular formula is C11H14F3N3O3. The fourth-order valence-electron chi connectivity index (χ4n) is 0.982. The second kappa shape index (κ2) is 8.00. The van der Waals surface area contributed by atoms with Crippen LogP contribution in [0.5, 0.6) is 0 Å². The lowest BCUT2D eigenvalue weighted by Gasteiger charge is -2.02. The summed E-state index contributed by atoms with van der Waals surface area (Å²) in [6.07, 6.45) is -5.08. The third-order valence-electron chi connectivity index (χ3n) is 1.97. The second-order valence-corrected chi connectivity index (χ2v) is 3.54. The topological polar surface area (TPSA) is 118 Å². The molecule has 0 aliphatic carbocycles. The Morgan fingerprint density at radius 3 is 1.85 bits per heavy atom. The summed E-state index contributed by atoms with van der Waals surface area (Å²) in [6.45, 7) is 0.990. The molecule has 0 unspecified atom stereocenters. The van der Waals surface area contributed by atoms with Crippen LogP contribution in [-0.2, 0) is 17.9 Å². The van der Waals surface area contributed by atoms with Crippen molar-refractivity contribution in [1.29, 1.82) is 0 Å². The Hall–Kier alpha value is -2.29. The number of halogens is 3. The van der Waals surface area contributed by atoms with Crippen molar-refractivity contribution >= 4 is 12.0 Å². The van der Waals surface area contributed by atoms with E-state index < -0.39 is 18.2 Å². The fraction of sp³-hybridized carbons (Fsp3) is 0.273. The number of alkyl halides is 3. The van der Waals surface area contributed by atoms with Crippen LogP contribution < -0.4 is 16.8 Å². The number of primary amides is 1. The number of carbonyl (C=O) groups excluding carboxylic acids is 1. The molecule has 0 atom stereocenters. The number of nitrogens with two attached hydrogens (primary N) is 2. The maximum atomic E-state index is 10.6. The summed E-state index contributed by atoms with van der Waals surface area (Å²) in [5.74, 6) is -2.76. The predicted octanol–water partition coefficient (Wildman–Crippen LogP) is 0.947. The normalized spacial score (nSPS) is 10.2. The Balaban J connectivity index is 0.000000441. The van der Waals surface area contributed by atoms with Gasteiger partial charge in [-0.05, 0) is 11.1 Å². The molecule has 0 bridgehead atoms. The first-order valence-corrected chi connectivity index (χ1v) is 5.28. The minimum atomic E-state index is -5.08. The van der Waals surface area contributed by atoms with Gasteiger partial charge in [0.1, 0.15) is 0 Å².